The van der Waals surface area contributed by atoms with E-state index < -0.39 is 6.09 Å². The first-order valence-corrected chi connectivity index (χ1v) is 13.3. The van der Waals surface area contributed by atoms with Crippen molar-refractivity contribution >= 4 is 17.7 Å². The first-order valence-electron chi connectivity index (χ1n) is 13.3. The summed E-state index contributed by atoms with van der Waals surface area (Å²) in [6.45, 7) is 7.37. The molecule has 2 aromatic heterocycles. The second kappa shape index (κ2) is 12.3. The molecule has 2 atom stereocenters. The SMILES string of the molecule is CCO[C@H]1CN(C(=O)OCc2ccccc2)C[C@H]1Nc1c(CC)nc(-c2cnc(N(C)C)cc2C)c(=O)n1C. The molecule has 0 radical (unpaired) electrons. The van der Waals surface area contributed by atoms with Crippen molar-refractivity contribution in [2.24, 2.45) is 7.05 Å². The van der Waals surface area contributed by atoms with E-state index in [0.717, 1.165) is 22.6 Å². The van der Waals surface area contributed by atoms with Crippen LogP contribution < -0.4 is 15.8 Å². The van der Waals surface area contributed by atoms with E-state index >= 15 is 0 Å². The molecule has 0 unspecified atom stereocenters. The van der Waals surface area contributed by atoms with Crippen LogP contribution in [0.2, 0.25) is 0 Å². The Morgan fingerprint density at radius 1 is 1.18 bits per heavy atom. The molecular formula is C29H38N6O4. The van der Waals surface area contributed by atoms with Crippen LogP contribution in [0.5, 0.6) is 0 Å². The molecule has 0 aliphatic carbocycles. The van der Waals surface area contributed by atoms with Crippen molar-refractivity contribution in [3.8, 4) is 11.3 Å². The van der Waals surface area contributed by atoms with Gasteiger partial charge in [-0.25, -0.2) is 14.8 Å². The monoisotopic (exact) mass is 534 g/mol. The highest BCUT2D eigenvalue weighted by molar-refractivity contribution is 5.69. The number of aryl methyl sites for hydroxylation is 2. The minimum atomic E-state index is -0.393. The molecule has 1 aliphatic heterocycles. The van der Waals surface area contributed by atoms with E-state index in [-0.39, 0.29) is 24.3 Å². The highest BCUT2D eigenvalue weighted by Gasteiger charge is 2.37. The quantitative estimate of drug-likeness (QED) is 0.444. The summed E-state index contributed by atoms with van der Waals surface area (Å²) in [5, 5.41) is 3.48. The zero-order valence-electron chi connectivity index (χ0n) is 23.6. The molecule has 1 fully saturated rings. The van der Waals surface area contributed by atoms with Crippen LogP contribution in [0.3, 0.4) is 0 Å². The van der Waals surface area contributed by atoms with Gasteiger partial charge in [-0.15, -0.1) is 0 Å². The summed E-state index contributed by atoms with van der Waals surface area (Å²) < 4.78 is 13.1. The van der Waals surface area contributed by atoms with Gasteiger partial charge in [0.25, 0.3) is 5.56 Å². The maximum atomic E-state index is 13.5. The van der Waals surface area contributed by atoms with Crippen molar-refractivity contribution in [2.45, 2.75) is 45.9 Å². The topological polar surface area (TPSA) is 102 Å². The molecule has 4 rings (SSSR count). The maximum absolute atomic E-state index is 13.5. The maximum Gasteiger partial charge on any atom is 0.410 e. The lowest BCUT2D eigenvalue weighted by Gasteiger charge is -2.24. The zero-order valence-corrected chi connectivity index (χ0v) is 23.6. The lowest BCUT2D eigenvalue weighted by atomic mass is 10.1. The van der Waals surface area contributed by atoms with Crippen LogP contribution >= 0.6 is 0 Å². The Hall–Kier alpha value is -3.92. The second-order valence-electron chi connectivity index (χ2n) is 9.92. The van der Waals surface area contributed by atoms with Gasteiger partial charge >= 0.3 is 6.09 Å². The minimum Gasteiger partial charge on any atom is -0.445 e. The molecule has 0 saturated carbocycles. The number of nitrogens with zero attached hydrogens (tertiary/aromatic N) is 5. The number of carbonyl (C=O) groups excluding carboxylic acids is 1. The molecule has 10 heteroatoms. The average molecular weight is 535 g/mol. The number of hydrogen-bond donors (Lipinski definition) is 1. The van der Waals surface area contributed by atoms with Gasteiger partial charge in [-0.2, -0.15) is 0 Å². The predicted octanol–water partition coefficient (Wildman–Crippen LogP) is 3.62. The summed E-state index contributed by atoms with van der Waals surface area (Å²) in [7, 11) is 5.59. The van der Waals surface area contributed by atoms with E-state index in [9.17, 15) is 9.59 Å². The van der Waals surface area contributed by atoms with Crippen LogP contribution in [0.4, 0.5) is 16.4 Å². The molecule has 10 nitrogen and oxygen atoms in total. The van der Waals surface area contributed by atoms with Gasteiger partial charge in [-0.05, 0) is 37.5 Å². The van der Waals surface area contributed by atoms with Crippen molar-refractivity contribution in [3.63, 3.8) is 0 Å². The van der Waals surface area contributed by atoms with Crippen molar-refractivity contribution < 1.29 is 14.3 Å². The van der Waals surface area contributed by atoms with Gasteiger partial charge < -0.3 is 24.6 Å². The number of carbonyl (C=O) groups is 1. The van der Waals surface area contributed by atoms with E-state index in [1.54, 1.807) is 22.7 Å². The summed E-state index contributed by atoms with van der Waals surface area (Å²) in [4.78, 5) is 39.2. The van der Waals surface area contributed by atoms with Gasteiger partial charge in [0, 0.05) is 46.1 Å². The highest BCUT2D eigenvalue weighted by atomic mass is 16.6. The van der Waals surface area contributed by atoms with Gasteiger partial charge in [-0.1, -0.05) is 37.3 Å². The van der Waals surface area contributed by atoms with Crippen LogP contribution in [0.15, 0.2) is 47.4 Å². The Balaban J connectivity index is 1.57. The lowest BCUT2D eigenvalue weighted by molar-refractivity contribution is 0.0579. The van der Waals surface area contributed by atoms with Gasteiger partial charge in [-0.3, -0.25) is 9.36 Å². The Bertz CT molecular complexity index is 1360. The third-order valence-corrected chi connectivity index (χ3v) is 6.94. The zero-order chi connectivity index (χ0) is 28.1. The smallest absolute Gasteiger partial charge is 0.410 e. The normalized spacial score (nSPS) is 16.8. The van der Waals surface area contributed by atoms with Crippen LogP contribution in [0.25, 0.3) is 11.3 Å². The summed E-state index contributed by atoms with van der Waals surface area (Å²) in [5.74, 6) is 1.44. The number of likely N-dealkylation sites (tertiary alicyclic amines) is 1. The number of anilines is 2. The third kappa shape index (κ3) is 6.22. The summed E-state index contributed by atoms with van der Waals surface area (Å²) in [5.41, 5.74) is 3.47. The predicted molar refractivity (Wildman–Crippen MR) is 152 cm³/mol. The van der Waals surface area contributed by atoms with E-state index in [1.165, 1.54) is 0 Å². The van der Waals surface area contributed by atoms with Gasteiger partial charge in [0.05, 0.1) is 24.4 Å². The van der Waals surface area contributed by atoms with Gasteiger partial charge in [0.15, 0.2) is 0 Å². The van der Waals surface area contributed by atoms with Crippen molar-refractivity contribution in [1.29, 1.82) is 0 Å². The fourth-order valence-corrected chi connectivity index (χ4v) is 4.76. The number of aromatic nitrogens is 3. The average Bonchev–Trinajstić information content (AvgIpc) is 3.33. The van der Waals surface area contributed by atoms with Gasteiger partial charge in [0.2, 0.25) is 0 Å². The molecule has 3 heterocycles. The molecule has 208 valence electrons. The summed E-state index contributed by atoms with van der Waals surface area (Å²) in [6, 6.07) is 11.3. The van der Waals surface area contributed by atoms with Crippen molar-refractivity contribution in [2.75, 3.05) is 44.0 Å². The fourth-order valence-electron chi connectivity index (χ4n) is 4.76. The standard InChI is InChI=1S/C29H38N6O4/c1-7-22-27(34(6)28(36)26(31-22)21-15-30-25(33(4)5)14-19(21)3)32-23-16-35(17-24(23)38-8-2)29(37)39-18-20-12-10-9-11-13-20/h9-15,23-24,32H,7-8,16-18H2,1-6H3/t23-,24+/m1/s1. The summed E-state index contributed by atoms with van der Waals surface area (Å²) >= 11 is 0. The second-order valence-corrected chi connectivity index (χ2v) is 9.92. The minimum absolute atomic E-state index is 0.206. The first-order chi connectivity index (χ1) is 18.7. The fraction of sp³-hybridized carbons (Fsp3) is 0.448. The number of benzene rings is 1. The third-order valence-electron chi connectivity index (χ3n) is 6.94. The van der Waals surface area contributed by atoms with Gasteiger partial charge in [0.1, 0.15) is 23.9 Å². The number of ether oxygens (including phenoxy) is 2. The van der Waals surface area contributed by atoms with Crippen molar-refractivity contribution in [3.05, 3.63) is 69.8 Å². The number of pyridine rings is 1. The Labute approximate surface area is 229 Å². The van der Waals surface area contributed by atoms with Crippen LogP contribution in [-0.4, -0.2) is 71.5 Å². The lowest BCUT2D eigenvalue weighted by Crippen LogP contribution is -2.37. The summed E-state index contributed by atoms with van der Waals surface area (Å²) in [6.07, 6.45) is 1.67. The molecule has 39 heavy (non-hydrogen) atoms. The van der Waals surface area contributed by atoms with E-state index in [2.05, 4.69) is 10.3 Å². The number of nitrogens with one attached hydrogen (secondary N) is 1. The molecule has 0 spiro atoms. The van der Waals surface area contributed by atoms with E-state index in [1.807, 2.05) is 76.2 Å². The van der Waals surface area contributed by atoms with E-state index in [0.29, 0.717) is 43.2 Å². The number of amides is 1. The molecule has 1 amide bonds. The van der Waals surface area contributed by atoms with Crippen LogP contribution in [-0.2, 0) is 29.5 Å². The Kier molecular flexibility index (Phi) is 8.86. The van der Waals surface area contributed by atoms with E-state index in [4.69, 9.17) is 14.5 Å². The molecule has 3 aromatic rings. The number of rotatable bonds is 9. The molecular weight excluding hydrogens is 496 g/mol. The van der Waals surface area contributed by atoms with Crippen LogP contribution in [0.1, 0.15) is 30.7 Å². The number of hydrogen-bond acceptors (Lipinski definition) is 8. The van der Waals surface area contributed by atoms with Crippen LogP contribution in [0, 0.1) is 6.92 Å². The molecule has 1 aromatic carbocycles. The first kappa shape index (κ1) is 28.1. The Morgan fingerprint density at radius 3 is 2.56 bits per heavy atom. The Morgan fingerprint density at radius 2 is 1.92 bits per heavy atom. The largest absolute Gasteiger partial charge is 0.445 e. The van der Waals surface area contributed by atoms with Crippen molar-refractivity contribution in [1.82, 2.24) is 19.4 Å². The highest BCUT2D eigenvalue weighted by Crippen LogP contribution is 2.26. The molecule has 1 N–H and O–H groups in total. The molecule has 1 saturated heterocycles. The molecule has 1 aliphatic rings. The molecule has 0 bridgehead atoms.